The largest absolute Gasteiger partial charge is 0.348 e. The summed E-state index contributed by atoms with van der Waals surface area (Å²) >= 11 is 5.96. The normalized spacial score (nSPS) is 14.2. The molecular formula is C27H29ClN2O3S. The van der Waals surface area contributed by atoms with Crippen molar-refractivity contribution in [3.05, 3.63) is 94.0 Å². The van der Waals surface area contributed by atoms with Crippen LogP contribution in [-0.4, -0.2) is 20.9 Å². The van der Waals surface area contributed by atoms with E-state index in [0.717, 1.165) is 24.0 Å². The molecule has 0 saturated carbocycles. The molecule has 0 bridgehead atoms. The lowest BCUT2D eigenvalue weighted by Crippen LogP contribution is -2.42. The molecule has 0 aromatic heterocycles. The molecule has 0 saturated heterocycles. The number of amides is 1. The molecule has 4 rings (SSSR count). The van der Waals surface area contributed by atoms with Gasteiger partial charge in [-0.3, -0.25) is 9.10 Å². The van der Waals surface area contributed by atoms with Crippen molar-refractivity contribution in [3.63, 3.8) is 0 Å². The molecule has 0 heterocycles. The number of sulfonamides is 1. The second kappa shape index (κ2) is 10.2. The van der Waals surface area contributed by atoms with Crippen molar-refractivity contribution in [2.75, 3.05) is 10.8 Å². The molecule has 7 heteroatoms. The Morgan fingerprint density at radius 1 is 1.00 bits per heavy atom. The molecule has 34 heavy (non-hydrogen) atoms. The summed E-state index contributed by atoms with van der Waals surface area (Å²) in [4.78, 5) is 13.2. The number of hydrogen-bond acceptors (Lipinski definition) is 3. The third-order valence-corrected chi connectivity index (χ3v) is 8.35. The van der Waals surface area contributed by atoms with Crippen molar-refractivity contribution in [2.45, 2.75) is 50.5 Å². The Morgan fingerprint density at radius 2 is 1.68 bits per heavy atom. The summed E-state index contributed by atoms with van der Waals surface area (Å²) < 4.78 is 28.3. The number of halogens is 1. The number of anilines is 1. The molecule has 0 aliphatic heterocycles. The Kier molecular flexibility index (Phi) is 7.29. The predicted octanol–water partition coefficient (Wildman–Crippen LogP) is 5.60. The van der Waals surface area contributed by atoms with Gasteiger partial charge in [0.1, 0.15) is 6.54 Å². The number of carbonyl (C=O) groups is 1. The van der Waals surface area contributed by atoms with Gasteiger partial charge in [-0.05, 0) is 92.1 Å². The summed E-state index contributed by atoms with van der Waals surface area (Å²) in [5.74, 6) is -0.369. The summed E-state index contributed by atoms with van der Waals surface area (Å²) in [7, 11) is -3.99. The highest BCUT2D eigenvalue weighted by atomic mass is 35.5. The average Bonchev–Trinajstić information content (AvgIpc) is 2.83. The second-order valence-electron chi connectivity index (χ2n) is 8.78. The van der Waals surface area contributed by atoms with Crippen molar-refractivity contribution in [1.82, 2.24) is 5.32 Å². The van der Waals surface area contributed by atoms with Crippen molar-refractivity contribution in [3.8, 4) is 0 Å². The third kappa shape index (κ3) is 5.29. The Bertz CT molecular complexity index is 1290. The second-order valence-corrected chi connectivity index (χ2v) is 11.1. The Labute approximate surface area is 206 Å². The number of nitrogens with one attached hydrogen (secondary N) is 1. The Hall–Kier alpha value is -2.83. The zero-order valence-corrected chi connectivity index (χ0v) is 21.0. The maximum Gasteiger partial charge on any atom is 0.264 e. The van der Waals surface area contributed by atoms with E-state index in [4.69, 9.17) is 11.6 Å². The SMILES string of the molecule is Cc1ccccc1N(CC(=O)N[C@H](C)c1ccc2c(c1)CCCC2)S(=O)(=O)c1ccc(Cl)cc1. The molecule has 5 nitrogen and oxygen atoms in total. The van der Waals surface area contributed by atoms with Gasteiger partial charge in [-0.1, -0.05) is 48.0 Å². The molecule has 0 unspecified atom stereocenters. The van der Waals surface area contributed by atoms with E-state index in [1.165, 1.54) is 52.5 Å². The summed E-state index contributed by atoms with van der Waals surface area (Å²) in [6.07, 6.45) is 4.56. The number of rotatable bonds is 7. The van der Waals surface area contributed by atoms with E-state index < -0.39 is 10.0 Å². The van der Waals surface area contributed by atoms with Gasteiger partial charge in [-0.2, -0.15) is 0 Å². The number of fused-ring (bicyclic) bond motifs is 1. The number of nitrogens with zero attached hydrogens (tertiary/aromatic N) is 1. The quantitative estimate of drug-likeness (QED) is 0.463. The van der Waals surface area contributed by atoms with Crippen molar-refractivity contribution < 1.29 is 13.2 Å². The van der Waals surface area contributed by atoms with Gasteiger partial charge in [0, 0.05) is 5.02 Å². The zero-order chi connectivity index (χ0) is 24.3. The van der Waals surface area contributed by atoms with E-state index in [0.29, 0.717) is 10.7 Å². The molecule has 3 aromatic rings. The van der Waals surface area contributed by atoms with Crippen molar-refractivity contribution >= 4 is 33.2 Å². The smallest absolute Gasteiger partial charge is 0.264 e. The molecule has 178 valence electrons. The topological polar surface area (TPSA) is 66.5 Å². The van der Waals surface area contributed by atoms with Crippen LogP contribution in [-0.2, 0) is 27.7 Å². The van der Waals surface area contributed by atoms with Crippen molar-refractivity contribution in [1.29, 1.82) is 0 Å². The lowest BCUT2D eigenvalue weighted by Gasteiger charge is -2.26. The van der Waals surface area contributed by atoms with E-state index >= 15 is 0 Å². The fourth-order valence-electron chi connectivity index (χ4n) is 4.40. The molecule has 1 N–H and O–H groups in total. The number of carbonyl (C=O) groups excluding carboxylic acids is 1. The van der Waals surface area contributed by atoms with E-state index in [9.17, 15) is 13.2 Å². The highest BCUT2D eigenvalue weighted by Crippen LogP contribution is 2.28. The van der Waals surface area contributed by atoms with Crippen LogP contribution in [0.1, 0.15) is 48.1 Å². The minimum Gasteiger partial charge on any atom is -0.348 e. The lowest BCUT2D eigenvalue weighted by molar-refractivity contribution is -0.120. The summed E-state index contributed by atoms with van der Waals surface area (Å²) in [6.45, 7) is 3.42. The van der Waals surface area contributed by atoms with Crippen LogP contribution >= 0.6 is 11.6 Å². The van der Waals surface area contributed by atoms with Gasteiger partial charge in [0.05, 0.1) is 16.6 Å². The molecule has 1 atom stereocenters. The van der Waals surface area contributed by atoms with Crippen LogP contribution in [0.2, 0.25) is 5.02 Å². The first-order valence-electron chi connectivity index (χ1n) is 11.5. The zero-order valence-electron chi connectivity index (χ0n) is 19.4. The summed E-state index contributed by atoms with van der Waals surface area (Å²) in [5, 5.41) is 3.43. The van der Waals surface area contributed by atoms with Gasteiger partial charge in [-0.25, -0.2) is 8.42 Å². The van der Waals surface area contributed by atoms with Crippen LogP contribution in [0.3, 0.4) is 0 Å². The molecule has 0 radical (unpaired) electrons. The monoisotopic (exact) mass is 496 g/mol. The molecule has 1 aliphatic carbocycles. The predicted molar refractivity (Wildman–Crippen MR) is 137 cm³/mol. The van der Waals surface area contributed by atoms with Gasteiger partial charge in [0.25, 0.3) is 10.0 Å². The number of hydrogen-bond donors (Lipinski definition) is 1. The van der Waals surface area contributed by atoms with Crippen molar-refractivity contribution in [2.24, 2.45) is 0 Å². The fraction of sp³-hybridized carbons (Fsp3) is 0.296. The fourth-order valence-corrected chi connectivity index (χ4v) is 6.01. The Morgan fingerprint density at radius 3 is 2.38 bits per heavy atom. The van der Waals surface area contributed by atoms with Crippen LogP contribution in [0.5, 0.6) is 0 Å². The maximum atomic E-state index is 13.6. The number of aryl methyl sites for hydroxylation is 3. The van der Waals surface area contributed by atoms with E-state index in [1.807, 2.05) is 26.0 Å². The number of para-hydroxylation sites is 1. The first-order valence-corrected chi connectivity index (χ1v) is 13.3. The highest BCUT2D eigenvalue weighted by Gasteiger charge is 2.28. The molecule has 3 aromatic carbocycles. The molecule has 0 spiro atoms. The first-order chi connectivity index (χ1) is 16.3. The van der Waals surface area contributed by atoms with Crippen LogP contribution in [0.15, 0.2) is 71.6 Å². The van der Waals surface area contributed by atoms with E-state index in [-0.39, 0.29) is 23.4 Å². The van der Waals surface area contributed by atoms with Gasteiger partial charge < -0.3 is 5.32 Å². The third-order valence-electron chi connectivity index (χ3n) is 6.32. The summed E-state index contributed by atoms with van der Waals surface area (Å²) in [5.41, 5.74) is 4.98. The summed E-state index contributed by atoms with van der Waals surface area (Å²) in [6, 6.07) is 19.2. The minimum absolute atomic E-state index is 0.0793. The van der Waals surface area contributed by atoms with Gasteiger partial charge in [0.15, 0.2) is 0 Å². The molecule has 1 aliphatic rings. The minimum atomic E-state index is -3.99. The van der Waals surface area contributed by atoms with Crippen LogP contribution in [0.4, 0.5) is 5.69 Å². The average molecular weight is 497 g/mol. The number of benzene rings is 3. The molecular weight excluding hydrogens is 468 g/mol. The van der Waals surface area contributed by atoms with Gasteiger partial charge >= 0.3 is 0 Å². The van der Waals surface area contributed by atoms with E-state index in [2.05, 4.69) is 23.5 Å². The van der Waals surface area contributed by atoms with Gasteiger partial charge in [0.2, 0.25) is 5.91 Å². The highest BCUT2D eigenvalue weighted by molar-refractivity contribution is 7.92. The van der Waals surface area contributed by atoms with Gasteiger partial charge in [-0.15, -0.1) is 0 Å². The van der Waals surface area contributed by atoms with Crippen LogP contribution in [0.25, 0.3) is 0 Å². The molecule has 0 fully saturated rings. The molecule has 1 amide bonds. The van der Waals surface area contributed by atoms with Crippen LogP contribution < -0.4 is 9.62 Å². The standard InChI is InChI=1S/C27H29ClN2O3S/c1-19-7-3-6-10-26(19)30(34(32,33)25-15-13-24(28)14-16-25)18-27(31)29-20(2)22-12-11-21-8-4-5-9-23(21)17-22/h3,6-7,10-17,20H,4-5,8-9,18H2,1-2H3,(H,29,31)/t20-/m1/s1. The first kappa shape index (κ1) is 24.3. The maximum absolute atomic E-state index is 13.6. The van der Waals surface area contributed by atoms with E-state index in [1.54, 1.807) is 12.1 Å². The lowest BCUT2D eigenvalue weighted by atomic mass is 9.89. The Balaban J connectivity index is 1.58. The van der Waals surface area contributed by atoms with Crippen LogP contribution in [0, 0.1) is 6.92 Å².